The second-order valence-corrected chi connectivity index (χ2v) is 6.25. The molecule has 0 amide bonds. The summed E-state index contributed by atoms with van der Waals surface area (Å²) < 4.78 is 1.20. The Hall–Kier alpha value is -0.500. The molecule has 0 aromatic heterocycles. The van der Waals surface area contributed by atoms with Crippen molar-refractivity contribution in [3.05, 3.63) is 28.2 Å². The van der Waals surface area contributed by atoms with Crippen LogP contribution in [0.15, 0.2) is 22.7 Å². The monoisotopic (exact) mass is 279 g/mol. The van der Waals surface area contributed by atoms with E-state index in [1.807, 2.05) is 0 Å². The van der Waals surface area contributed by atoms with Crippen molar-refractivity contribution < 1.29 is 0 Å². The summed E-state index contributed by atoms with van der Waals surface area (Å²) in [7, 11) is 0. The highest BCUT2D eigenvalue weighted by Crippen LogP contribution is 2.50. The van der Waals surface area contributed by atoms with Crippen molar-refractivity contribution in [3.8, 4) is 0 Å². The van der Waals surface area contributed by atoms with Gasteiger partial charge in [-0.1, -0.05) is 29.3 Å². The van der Waals surface area contributed by atoms with Gasteiger partial charge in [0.1, 0.15) is 0 Å². The Morgan fingerprint density at radius 2 is 2.06 bits per heavy atom. The Labute approximate surface area is 106 Å². The fourth-order valence-electron chi connectivity index (χ4n) is 3.07. The van der Waals surface area contributed by atoms with Crippen LogP contribution in [0.5, 0.6) is 0 Å². The van der Waals surface area contributed by atoms with Crippen molar-refractivity contribution in [1.29, 1.82) is 0 Å². The number of hydrogen-bond donors (Lipinski definition) is 0. The summed E-state index contributed by atoms with van der Waals surface area (Å²) in [6, 6.07) is 6.70. The molecule has 1 heterocycles. The third-order valence-corrected chi connectivity index (χ3v) is 4.72. The summed E-state index contributed by atoms with van der Waals surface area (Å²) in [5, 5.41) is 0. The van der Waals surface area contributed by atoms with Gasteiger partial charge < -0.3 is 4.90 Å². The van der Waals surface area contributed by atoms with Crippen LogP contribution in [0.25, 0.3) is 0 Å². The van der Waals surface area contributed by atoms with E-state index in [1.54, 1.807) is 0 Å². The zero-order valence-corrected chi connectivity index (χ0v) is 11.4. The van der Waals surface area contributed by atoms with E-state index in [4.69, 9.17) is 0 Å². The van der Waals surface area contributed by atoms with Gasteiger partial charge in [-0.15, -0.1) is 0 Å². The maximum Gasteiger partial charge on any atom is 0.0399 e. The first-order valence-electron chi connectivity index (χ1n) is 6.26. The second-order valence-electron chi connectivity index (χ2n) is 5.34. The molecule has 1 aliphatic carbocycles. The van der Waals surface area contributed by atoms with Crippen molar-refractivity contribution >= 4 is 21.6 Å². The number of aryl methyl sites for hydroxylation is 1. The fourth-order valence-corrected chi connectivity index (χ4v) is 3.48. The Bertz CT molecular complexity index is 401. The van der Waals surface area contributed by atoms with Crippen LogP contribution < -0.4 is 4.90 Å². The third kappa shape index (κ3) is 1.58. The molecule has 2 fully saturated rings. The molecule has 0 radical (unpaired) electrons. The van der Waals surface area contributed by atoms with Gasteiger partial charge in [0.2, 0.25) is 0 Å². The Morgan fingerprint density at radius 3 is 2.62 bits per heavy atom. The van der Waals surface area contributed by atoms with E-state index in [2.05, 4.69) is 46.0 Å². The Balaban J connectivity index is 1.79. The topological polar surface area (TPSA) is 3.24 Å². The minimum absolute atomic E-state index is 0.720. The number of nitrogens with zero attached hydrogens (tertiary/aromatic N) is 1. The SMILES string of the molecule is CCc1cc(Br)ccc1N1CC2(CCC2)C1. The number of hydrogen-bond acceptors (Lipinski definition) is 1. The van der Waals surface area contributed by atoms with Crippen LogP contribution in [-0.2, 0) is 6.42 Å². The van der Waals surface area contributed by atoms with E-state index >= 15 is 0 Å². The maximum absolute atomic E-state index is 3.55. The lowest BCUT2D eigenvalue weighted by Crippen LogP contribution is -2.60. The summed E-state index contributed by atoms with van der Waals surface area (Å²) in [4.78, 5) is 2.56. The van der Waals surface area contributed by atoms with Gasteiger partial charge in [0, 0.05) is 28.7 Å². The smallest absolute Gasteiger partial charge is 0.0399 e. The Kier molecular flexibility index (Phi) is 2.50. The standard InChI is InChI=1S/C14H18BrN/c1-2-11-8-12(15)4-5-13(11)16-9-14(10-16)6-3-7-14/h4-5,8H,2-3,6-7,9-10H2,1H3. The molecule has 1 aliphatic heterocycles. The van der Waals surface area contributed by atoms with E-state index in [9.17, 15) is 0 Å². The van der Waals surface area contributed by atoms with E-state index in [0.29, 0.717) is 0 Å². The second kappa shape index (κ2) is 3.76. The van der Waals surface area contributed by atoms with Crippen LogP contribution in [0.3, 0.4) is 0 Å². The van der Waals surface area contributed by atoms with E-state index in [-0.39, 0.29) is 0 Å². The first-order chi connectivity index (χ1) is 7.72. The molecule has 2 heteroatoms. The van der Waals surface area contributed by atoms with Crippen LogP contribution in [0.1, 0.15) is 31.7 Å². The van der Waals surface area contributed by atoms with E-state index < -0.39 is 0 Å². The molecule has 1 aromatic carbocycles. The highest BCUT2D eigenvalue weighted by atomic mass is 79.9. The average molecular weight is 280 g/mol. The van der Waals surface area contributed by atoms with E-state index in [1.165, 1.54) is 48.1 Å². The highest BCUT2D eigenvalue weighted by molar-refractivity contribution is 9.10. The van der Waals surface area contributed by atoms with Crippen molar-refractivity contribution in [2.45, 2.75) is 32.6 Å². The summed E-state index contributed by atoms with van der Waals surface area (Å²) in [6.07, 6.45) is 5.50. The molecule has 2 aliphatic rings. The van der Waals surface area contributed by atoms with Gasteiger partial charge in [0.05, 0.1) is 0 Å². The van der Waals surface area contributed by atoms with Crippen LogP contribution in [0.2, 0.25) is 0 Å². The van der Waals surface area contributed by atoms with E-state index in [0.717, 1.165) is 11.8 Å². The number of halogens is 1. The number of anilines is 1. The van der Waals surface area contributed by atoms with Gasteiger partial charge in [-0.2, -0.15) is 0 Å². The molecule has 0 atom stereocenters. The van der Waals surface area contributed by atoms with Gasteiger partial charge in [-0.3, -0.25) is 0 Å². The summed E-state index contributed by atoms with van der Waals surface area (Å²) in [5.41, 5.74) is 3.66. The molecule has 16 heavy (non-hydrogen) atoms. The molecular formula is C14H18BrN. The van der Waals surface area contributed by atoms with Gasteiger partial charge >= 0.3 is 0 Å². The molecule has 0 unspecified atom stereocenters. The molecule has 3 rings (SSSR count). The van der Waals surface area contributed by atoms with Gasteiger partial charge in [-0.25, -0.2) is 0 Å². The van der Waals surface area contributed by atoms with Crippen LogP contribution >= 0.6 is 15.9 Å². The predicted molar refractivity (Wildman–Crippen MR) is 72.0 cm³/mol. The molecule has 1 saturated carbocycles. The predicted octanol–water partition coefficient (Wildman–Crippen LogP) is 4.00. The van der Waals surface area contributed by atoms with Crippen LogP contribution in [-0.4, -0.2) is 13.1 Å². The van der Waals surface area contributed by atoms with Gasteiger partial charge in [0.25, 0.3) is 0 Å². The number of rotatable bonds is 2. The maximum atomic E-state index is 3.55. The van der Waals surface area contributed by atoms with Crippen molar-refractivity contribution in [2.24, 2.45) is 5.41 Å². The largest absolute Gasteiger partial charge is 0.370 e. The fraction of sp³-hybridized carbons (Fsp3) is 0.571. The zero-order chi connectivity index (χ0) is 11.2. The molecule has 0 bridgehead atoms. The van der Waals surface area contributed by atoms with Crippen LogP contribution in [0, 0.1) is 5.41 Å². The molecule has 1 nitrogen and oxygen atoms in total. The minimum Gasteiger partial charge on any atom is -0.370 e. The summed E-state index contributed by atoms with van der Waals surface area (Å²) in [6.45, 7) is 4.83. The lowest BCUT2D eigenvalue weighted by Gasteiger charge is -2.57. The molecular weight excluding hydrogens is 262 g/mol. The van der Waals surface area contributed by atoms with Gasteiger partial charge in [-0.05, 0) is 43.0 Å². The lowest BCUT2D eigenvalue weighted by molar-refractivity contribution is 0.0902. The first kappa shape index (κ1) is 10.6. The highest BCUT2D eigenvalue weighted by Gasteiger charge is 2.47. The van der Waals surface area contributed by atoms with Crippen molar-refractivity contribution in [3.63, 3.8) is 0 Å². The quantitative estimate of drug-likeness (QED) is 0.791. The summed E-state index contributed by atoms with van der Waals surface area (Å²) >= 11 is 3.55. The Morgan fingerprint density at radius 1 is 1.31 bits per heavy atom. The number of benzene rings is 1. The van der Waals surface area contributed by atoms with Crippen molar-refractivity contribution in [2.75, 3.05) is 18.0 Å². The third-order valence-electron chi connectivity index (χ3n) is 4.23. The van der Waals surface area contributed by atoms with Crippen molar-refractivity contribution in [1.82, 2.24) is 0 Å². The van der Waals surface area contributed by atoms with Gasteiger partial charge in [0.15, 0.2) is 0 Å². The lowest BCUT2D eigenvalue weighted by atomic mass is 9.63. The normalized spacial score (nSPS) is 21.8. The minimum atomic E-state index is 0.720. The zero-order valence-electron chi connectivity index (χ0n) is 9.80. The molecule has 1 aromatic rings. The summed E-state index contributed by atoms with van der Waals surface area (Å²) in [5.74, 6) is 0. The average Bonchev–Trinajstić information content (AvgIpc) is 2.15. The molecule has 1 spiro atoms. The first-order valence-corrected chi connectivity index (χ1v) is 7.05. The molecule has 1 saturated heterocycles. The van der Waals surface area contributed by atoms with Crippen LogP contribution in [0.4, 0.5) is 5.69 Å². The molecule has 86 valence electrons. The molecule has 0 N–H and O–H groups in total.